The van der Waals surface area contributed by atoms with Gasteiger partial charge in [-0.15, -0.1) is 0 Å². The van der Waals surface area contributed by atoms with Gasteiger partial charge in [0.2, 0.25) is 14.6 Å². The lowest BCUT2D eigenvalue weighted by Gasteiger charge is -2.36. The molecule has 0 aromatic carbocycles. The summed E-state index contributed by atoms with van der Waals surface area (Å²) in [6.45, 7) is 12.4. The summed E-state index contributed by atoms with van der Waals surface area (Å²) >= 11 is 0. The largest absolute Gasteiger partial charge is 0.284 e. The van der Waals surface area contributed by atoms with Gasteiger partial charge in [0.15, 0.2) is 0 Å². The molecule has 0 aromatic rings. The second-order valence-electron chi connectivity index (χ2n) is 7.25. The third kappa shape index (κ3) is 6.67. The van der Waals surface area contributed by atoms with E-state index in [0.29, 0.717) is 12.3 Å². The summed E-state index contributed by atoms with van der Waals surface area (Å²) in [6, 6.07) is 0. The van der Waals surface area contributed by atoms with Crippen LogP contribution in [0.25, 0.3) is 0 Å². The highest BCUT2D eigenvalue weighted by atomic mass is 28.4. The standard InChI is InChI=1S/C15H32O4Si/c1-7-14(17-19-20(4,5)6)16-18-15(2,3)13-11-9-8-10-12-13/h13-14H,7-12H2,1-6H3. The van der Waals surface area contributed by atoms with Gasteiger partial charge < -0.3 is 0 Å². The normalized spacial score (nSPS) is 20.1. The molecule has 0 saturated heterocycles. The quantitative estimate of drug-likeness (QED) is 0.279. The van der Waals surface area contributed by atoms with Gasteiger partial charge in [-0.1, -0.05) is 26.2 Å². The Hall–Kier alpha value is 0.0569. The highest BCUT2D eigenvalue weighted by Crippen LogP contribution is 2.35. The molecule has 4 nitrogen and oxygen atoms in total. The lowest BCUT2D eigenvalue weighted by molar-refractivity contribution is -0.470. The highest BCUT2D eigenvalue weighted by Gasteiger charge is 2.34. The molecular weight excluding hydrogens is 272 g/mol. The molecule has 1 rings (SSSR count). The highest BCUT2D eigenvalue weighted by molar-refractivity contribution is 6.69. The Labute approximate surface area is 125 Å². The van der Waals surface area contributed by atoms with Crippen LogP contribution in [0.1, 0.15) is 59.3 Å². The topological polar surface area (TPSA) is 36.9 Å². The number of hydrogen-bond acceptors (Lipinski definition) is 4. The summed E-state index contributed by atoms with van der Waals surface area (Å²) in [5, 5.41) is 0. The average molecular weight is 305 g/mol. The molecule has 1 fully saturated rings. The molecule has 20 heavy (non-hydrogen) atoms. The number of hydrogen-bond donors (Lipinski definition) is 0. The minimum Gasteiger partial charge on any atom is -0.284 e. The smallest absolute Gasteiger partial charge is 0.230 e. The van der Waals surface area contributed by atoms with E-state index in [2.05, 4.69) is 33.5 Å². The second kappa shape index (κ2) is 7.89. The lowest BCUT2D eigenvalue weighted by Crippen LogP contribution is -2.38. The average Bonchev–Trinajstić information content (AvgIpc) is 2.39. The van der Waals surface area contributed by atoms with Gasteiger partial charge in [-0.2, -0.15) is 0 Å². The molecule has 1 atom stereocenters. The van der Waals surface area contributed by atoms with Crippen molar-refractivity contribution in [3.05, 3.63) is 0 Å². The molecule has 1 aliphatic rings. The van der Waals surface area contributed by atoms with Crippen LogP contribution in [-0.2, 0) is 19.2 Å². The van der Waals surface area contributed by atoms with Gasteiger partial charge in [0.1, 0.15) is 5.60 Å². The van der Waals surface area contributed by atoms with Crippen molar-refractivity contribution in [3.63, 3.8) is 0 Å². The molecule has 0 spiro atoms. The van der Waals surface area contributed by atoms with Gasteiger partial charge in [0.25, 0.3) is 0 Å². The first kappa shape index (κ1) is 18.1. The minimum absolute atomic E-state index is 0.267. The van der Waals surface area contributed by atoms with Crippen molar-refractivity contribution in [2.75, 3.05) is 0 Å². The van der Waals surface area contributed by atoms with E-state index in [1.165, 1.54) is 32.1 Å². The third-order valence-electron chi connectivity index (χ3n) is 3.70. The maximum absolute atomic E-state index is 5.70. The van der Waals surface area contributed by atoms with E-state index in [9.17, 15) is 0 Å². The van der Waals surface area contributed by atoms with E-state index in [1.54, 1.807) is 0 Å². The van der Waals surface area contributed by atoms with E-state index >= 15 is 0 Å². The van der Waals surface area contributed by atoms with Gasteiger partial charge in [-0.3, -0.25) is 4.58 Å². The lowest BCUT2D eigenvalue weighted by atomic mass is 9.79. The first-order valence-corrected chi connectivity index (χ1v) is 11.3. The van der Waals surface area contributed by atoms with Crippen LogP contribution >= 0.6 is 0 Å². The van der Waals surface area contributed by atoms with Gasteiger partial charge in [-0.25, -0.2) is 14.7 Å². The third-order valence-corrected chi connectivity index (χ3v) is 4.29. The van der Waals surface area contributed by atoms with E-state index in [1.807, 2.05) is 6.92 Å². The SMILES string of the molecule is CCC(OOC(C)(C)C1CCCCC1)OO[Si](C)(C)C. The van der Waals surface area contributed by atoms with Crippen LogP contribution in [0.4, 0.5) is 0 Å². The molecule has 0 heterocycles. The van der Waals surface area contributed by atoms with Crippen molar-refractivity contribution in [2.45, 2.75) is 90.8 Å². The maximum Gasteiger partial charge on any atom is 0.230 e. The Morgan fingerprint density at radius 2 is 1.65 bits per heavy atom. The Morgan fingerprint density at radius 1 is 1.05 bits per heavy atom. The summed E-state index contributed by atoms with van der Waals surface area (Å²) in [6.07, 6.45) is 6.63. The van der Waals surface area contributed by atoms with Crippen molar-refractivity contribution in [2.24, 2.45) is 5.92 Å². The van der Waals surface area contributed by atoms with Crippen molar-refractivity contribution in [1.82, 2.24) is 0 Å². The molecule has 1 saturated carbocycles. The summed E-state index contributed by atoms with van der Waals surface area (Å²) in [5.41, 5.74) is -0.267. The fraction of sp³-hybridized carbons (Fsp3) is 1.00. The molecule has 0 amide bonds. The fourth-order valence-electron chi connectivity index (χ4n) is 2.39. The van der Waals surface area contributed by atoms with Crippen molar-refractivity contribution < 1.29 is 19.2 Å². The zero-order valence-corrected chi connectivity index (χ0v) is 15.0. The summed E-state index contributed by atoms with van der Waals surface area (Å²) in [4.78, 5) is 16.5. The molecule has 1 aliphatic carbocycles. The van der Waals surface area contributed by atoms with Crippen LogP contribution < -0.4 is 0 Å². The van der Waals surface area contributed by atoms with Crippen LogP contribution in [0.5, 0.6) is 0 Å². The van der Waals surface area contributed by atoms with Gasteiger partial charge in [0.05, 0.1) is 0 Å². The zero-order valence-electron chi connectivity index (χ0n) is 14.0. The van der Waals surface area contributed by atoms with Gasteiger partial charge in [0, 0.05) is 6.42 Å². The summed E-state index contributed by atoms with van der Waals surface area (Å²) in [7, 11) is -1.70. The Balaban J connectivity index is 2.37. The van der Waals surface area contributed by atoms with Crippen molar-refractivity contribution in [1.29, 1.82) is 0 Å². The monoisotopic (exact) mass is 304 g/mol. The van der Waals surface area contributed by atoms with Crippen LogP contribution in [0.3, 0.4) is 0 Å². The summed E-state index contributed by atoms with van der Waals surface area (Å²) in [5.74, 6) is 0.562. The molecular formula is C15H32O4Si. The van der Waals surface area contributed by atoms with Crippen LogP contribution in [0, 0.1) is 5.92 Å². The predicted molar refractivity (Wildman–Crippen MR) is 82.4 cm³/mol. The van der Waals surface area contributed by atoms with Gasteiger partial charge >= 0.3 is 0 Å². The minimum atomic E-state index is -1.70. The second-order valence-corrected chi connectivity index (χ2v) is 11.6. The molecule has 120 valence electrons. The Kier molecular flexibility index (Phi) is 7.15. The maximum atomic E-state index is 5.70. The van der Waals surface area contributed by atoms with Crippen LogP contribution in [-0.4, -0.2) is 20.2 Å². The Bertz CT molecular complexity index is 270. The molecule has 0 radical (unpaired) electrons. The molecule has 5 heteroatoms. The van der Waals surface area contributed by atoms with Crippen LogP contribution in [0.15, 0.2) is 0 Å². The van der Waals surface area contributed by atoms with Crippen LogP contribution in [0.2, 0.25) is 19.6 Å². The molecule has 1 unspecified atom stereocenters. The number of rotatable bonds is 8. The first-order valence-electron chi connectivity index (χ1n) is 7.93. The van der Waals surface area contributed by atoms with E-state index in [4.69, 9.17) is 19.2 Å². The first-order chi connectivity index (χ1) is 9.24. The van der Waals surface area contributed by atoms with E-state index in [0.717, 1.165) is 0 Å². The molecule has 0 bridgehead atoms. The molecule has 0 aliphatic heterocycles. The van der Waals surface area contributed by atoms with Crippen molar-refractivity contribution in [3.8, 4) is 0 Å². The fourth-order valence-corrected chi connectivity index (χ4v) is 2.79. The van der Waals surface area contributed by atoms with Crippen molar-refractivity contribution >= 4 is 8.32 Å². The molecule has 0 N–H and O–H groups in total. The zero-order chi connectivity index (χ0) is 15.2. The van der Waals surface area contributed by atoms with Gasteiger partial charge in [-0.05, 0) is 52.2 Å². The summed E-state index contributed by atoms with van der Waals surface area (Å²) < 4.78 is 5.43. The Morgan fingerprint density at radius 3 is 2.15 bits per heavy atom. The van der Waals surface area contributed by atoms with E-state index < -0.39 is 14.6 Å². The predicted octanol–water partition coefficient (Wildman–Crippen LogP) is 4.81. The van der Waals surface area contributed by atoms with E-state index in [-0.39, 0.29) is 5.60 Å². The molecule has 0 aromatic heterocycles.